The Hall–Kier alpha value is -3.69. The normalized spacial score (nSPS) is 15.5. The number of furan rings is 1. The first-order chi connectivity index (χ1) is 16.8. The lowest BCUT2D eigenvalue weighted by molar-refractivity contribution is -0.115. The maximum atomic E-state index is 12.5. The molecule has 0 spiro atoms. The summed E-state index contributed by atoms with van der Waals surface area (Å²) in [4.78, 5) is 28.5. The number of thioether (sulfide) groups is 1. The van der Waals surface area contributed by atoms with E-state index in [1.54, 1.807) is 36.4 Å². The summed E-state index contributed by atoms with van der Waals surface area (Å²) in [5.41, 5.74) is 2.26. The van der Waals surface area contributed by atoms with E-state index in [9.17, 15) is 9.59 Å². The Morgan fingerprint density at radius 2 is 2.03 bits per heavy atom. The molecular formula is C25H21ClN2O6S. The number of hydrogen-bond acceptors (Lipinski definition) is 7. The van der Waals surface area contributed by atoms with Gasteiger partial charge in [0, 0.05) is 5.02 Å². The molecule has 1 aromatic heterocycles. The summed E-state index contributed by atoms with van der Waals surface area (Å²) in [6.45, 7) is 4.16. The van der Waals surface area contributed by atoms with E-state index < -0.39 is 5.97 Å². The van der Waals surface area contributed by atoms with E-state index in [0.717, 1.165) is 11.1 Å². The molecule has 2 N–H and O–H groups in total. The van der Waals surface area contributed by atoms with Crippen LogP contribution in [-0.2, 0) is 11.4 Å². The molecule has 1 fully saturated rings. The van der Waals surface area contributed by atoms with Gasteiger partial charge in [-0.2, -0.15) is 0 Å². The zero-order chi connectivity index (χ0) is 24.9. The Bertz CT molecular complexity index is 1350. The first kappa shape index (κ1) is 24.4. The Labute approximate surface area is 210 Å². The number of nitrogens with one attached hydrogen (secondary N) is 1. The second-order valence-electron chi connectivity index (χ2n) is 7.36. The van der Waals surface area contributed by atoms with Crippen molar-refractivity contribution in [2.75, 3.05) is 6.61 Å². The molecule has 3 aromatic rings. The maximum Gasteiger partial charge on any atom is 0.371 e. The summed E-state index contributed by atoms with van der Waals surface area (Å²) in [7, 11) is 0. The number of ether oxygens (including phenoxy) is 2. The van der Waals surface area contributed by atoms with Gasteiger partial charge < -0.3 is 24.3 Å². The SMILES string of the molecule is CCOc1cc(C=C2SC(=Nc3cccc(Cl)c3C)NC2=O)ccc1OCc1ccc(C(=O)O)o1. The van der Waals surface area contributed by atoms with Crippen LogP contribution in [0.15, 0.2) is 62.8 Å². The lowest BCUT2D eigenvalue weighted by Gasteiger charge is -2.12. The van der Waals surface area contributed by atoms with Crippen molar-refractivity contribution in [3.8, 4) is 11.5 Å². The number of amides is 1. The minimum atomic E-state index is -1.15. The van der Waals surface area contributed by atoms with Crippen LogP contribution in [0.2, 0.25) is 5.02 Å². The molecule has 2 heterocycles. The molecule has 0 unspecified atom stereocenters. The highest BCUT2D eigenvalue weighted by molar-refractivity contribution is 8.18. The van der Waals surface area contributed by atoms with Crippen molar-refractivity contribution in [2.24, 2.45) is 4.99 Å². The van der Waals surface area contributed by atoms with Gasteiger partial charge in [0.1, 0.15) is 12.4 Å². The summed E-state index contributed by atoms with van der Waals surface area (Å²) >= 11 is 7.40. The van der Waals surface area contributed by atoms with E-state index in [2.05, 4.69) is 10.3 Å². The number of carbonyl (C=O) groups is 2. The van der Waals surface area contributed by atoms with Gasteiger partial charge in [-0.15, -0.1) is 0 Å². The standard InChI is InChI=1S/C25H21ClN2O6S/c1-3-32-21-11-15(7-9-19(21)33-13-16-8-10-20(34-16)24(30)31)12-22-23(29)28-25(35-22)27-18-6-4-5-17(26)14(18)2/h4-12H,3,13H2,1-2H3,(H,30,31)(H,27,28,29). The first-order valence-electron chi connectivity index (χ1n) is 10.6. The number of hydrogen-bond donors (Lipinski definition) is 2. The van der Waals surface area contributed by atoms with Crippen molar-refractivity contribution in [1.29, 1.82) is 0 Å². The predicted octanol–water partition coefficient (Wildman–Crippen LogP) is 5.81. The Morgan fingerprint density at radius 3 is 2.77 bits per heavy atom. The zero-order valence-electron chi connectivity index (χ0n) is 18.8. The van der Waals surface area contributed by atoms with E-state index >= 15 is 0 Å². The van der Waals surface area contributed by atoms with Crippen molar-refractivity contribution in [1.82, 2.24) is 5.32 Å². The fraction of sp³-hybridized carbons (Fsp3) is 0.160. The Morgan fingerprint density at radius 1 is 1.20 bits per heavy atom. The number of carboxylic acid groups (broad SMARTS) is 1. The van der Waals surface area contributed by atoms with Gasteiger partial charge in [-0.3, -0.25) is 4.79 Å². The summed E-state index contributed by atoms with van der Waals surface area (Å²) in [6.07, 6.45) is 1.74. The highest BCUT2D eigenvalue weighted by Crippen LogP contribution is 2.34. The molecule has 1 aliphatic heterocycles. The fourth-order valence-corrected chi connectivity index (χ4v) is 4.18. The van der Waals surface area contributed by atoms with E-state index in [1.807, 2.05) is 26.0 Å². The zero-order valence-corrected chi connectivity index (χ0v) is 20.4. The smallest absolute Gasteiger partial charge is 0.371 e. The highest BCUT2D eigenvalue weighted by atomic mass is 35.5. The molecule has 0 radical (unpaired) electrons. The number of aliphatic imine (C=N–C) groups is 1. The average molecular weight is 513 g/mol. The molecule has 10 heteroatoms. The van der Waals surface area contributed by atoms with Gasteiger partial charge in [-0.25, -0.2) is 9.79 Å². The number of halogens is 1. The molecule has 35 heavy (non-hydrogen) atoms. The van der Waals surface area contributed by atoms with Crippen molar-refractivity contribution >= 4 is 52.2 Å². The van der Waals surface area contributed by atoms with Crippen molar-refractivity contribution in [3.05, 3.63) is 81.1 Å². The van der Waals surface area contributed by atoms with Crippen LogP contribution in [0.4, 0.5) is 5.69 Å². The van der Waals surface area contributed by atoms with Crippen LogP contribution in [0.3, 0.4) is 0 Å². The van der Waals surface area contributed by atoms with Crippen LogP contribution < -0.4 is 14.8 Å². The van der Waals surface area contributed by atoms with Gasteiger partial charge in [0.25, 0.3) is 5.91 Å². The molecule has 4 rings (SSSR count). The molecule has 8 nitrogen and oxygen atoms in total. The second-order valence-corrected chi connectivity index (χ2v) is 8.80. The van der Waals surface area contributed by atoms with Crippen LogP contribution in [-0.4, -0.2) is 28.8 Å². The third kappa shape index (κ3) is 5.87. The fourth-order valence-electron chi connectivity index (χ4n) is 3.18. The van der Waals surface area contributed by atoms with E-state index in [-0.39, 0.29) is 18.3 Å². The Balaban J connectivity index is 1.51. The average Bonchev–Trinajstić information content (AvgIpc) is 3.43. The van der Waals surface area contributed by atoms with E-state index in [0.29, 0.717) is 44.6 Å². The number of nitrogens with zero attached hydrogens (tertiary/aromatic N) is 1. The molecule has 2 aromatic carbocycles. The third-order valence-electron chi connectivity index (χ3n) is 4.92. The molecule has 0 bridgehead atoms. The van der Waals surface area contributed by atoms with Crippen LogP contribution >= 0.6 is 23.4 Å². The van der Waals surface area contributed by atoms with Crippen LogP contribution in [0, 0.1) is 6.92 Å². The van der Waals surface area contributed by atoms with Crippen LogP contribution in [0.25, 0.3) is 6.08 Å². The molecule has 0 aliphatic carbocycles. The minimum absolute atomic E-state index is 0.0365. The Kier molecular flexibility index (Phi) is 7.48. The van der Waals surface area contributed by atoms with E-state index in [1.165, 1.54) is 17.8 Å². The van der Waals surface area contributed by atoms with E-state index in [4.69, 9.17) is 30.6 Å². The topological polar surface area (TPSA) is 110 Å². The van der Waals surface area contributed by atoms with Gasteiger partial charge in [0.2, 0.25) is 5.76 Å². The number of aromatic carboxylic acids is 1. The van der Waals surface area contributed by atoms with Gasteiger partial charge in [-0.1, -0.05) is 23.7 Å². The quantitative estimate of drug-likeness (QED) is 0.366. The lowest BCUT2D eigenvalue weighted by Crippen LogP contribution is -2.19. The molecular weight excluding hydrogens is 492 g/mol. The van der Waals surface area contributed by atoms with Crippen LogP contribution in [0.1, 0.15) is 34.4 Å². The molecule has 0 atom stereocenters. The first-order valence-corrected chi connectivity index (χ1v) is 11.8. The molecule has 0 saturated carbocycles. The summed E-state index contributed by atoms with van der Waals surface area (Å²) in [5.74, 6) is -0.233. The van der Waals surface area contributed by atoms with Gasteiger partial charge >= 0.3 is 5.97 Å². The monoisotopic (exact) mass is 512 g/mol. The number of rotatable bonds is 8. The number of carbonyl (C=O) groups excluding carboxylic acids is 1. The lowest BCUT2D eigenvalue weighted by atomic mass is 10.2. The molecule has 1 aliphatic rings. The number of amidine groups is 1. The number of benzene rings is 2. The van der Waals surface area contributed by atoms with Crippen molar-refractivity contribution in [3.63, 3.8) is 0 Å². The van der Waals surface area contributed by atoms with Gasteiger partial charge in [0.15, 0.2) is 16.7 Å². The predicted molar refractivity (Wildman–Crippen MR) is 135 cm³/mol. The van der Waals surface area contributed by atoms with Crippen LogP contribution in [0.5, 0.6) is 11.5 Å². The third-order valence-corrected chi connectivity index (χ3v) is 6.24. The summed E-state index contributed by atoms with van der Waals surface area (Å²) < 4.78 is 16.7. The summed E-state index contributed by atoms with van der Waals surface area (Å²) in [6, 6.07) is 13.6. The highest BCUT2D eigenvalue weighted by Gasteiger charge is 2.24. The molecule has 1 saturated heterocycles. The maximum absolute atomic E-state index is 12.5. The number of carboxylic acids is 1. The van der Waals surface area contributed by atoms with Crippen molar-refractivity contribution < 1.29 is 28.6 Å². The second kappa shape index (κ2) is 10.7. The molecule has 1 amide bonds. The van der Waals surface area contributed by atoms with Gasteiger partial charge in [0.05, 0.1) is 17.2 Å². The van der Waals surface area contributed by atoms with Gasteiger partial charge in [-0.05, 0) is 79.2 Å². The van der Waals surface area contributed by atoms with Crippen molar-refractivity contribution in [2.45, 2.75) is 20.5 Å². The summed E-state index contributed by atoms with van der Waals surface area (Å²) in [5, 5.41) is 12.8. The largest absolute Gasteiger partial charge is 0.490 e. The minimum Gasteiger partial charge on any atom is -0.490 e. The molecule has 180 valence electrons.